The summed E-state index contributed by atoms with van der Waals surface area (Å²) in [5.41, 5.74) is -0.114. The molecule has 1 aliphatic rings. The van der Waals surface area contributed by atoms with Crippen molar-refractivity contribution < 1.29 is 33.3 Å². The smallest absolute Gasteiger partial charge is 0.410 e. The maximum absolute atomic E-state index is 12.3. The van der Waals surface area contributed by atoms with Gasteiger partial charge in [0.05, 0.1) is 25.8 Å². The van der Waals surface area contributed by atoms with E-state index in [9.17, 15) is 14.4 Å². The number of rotatable bonds is 6. The molecule has 2 amide bonds. The molecule has 30 heavy (non-hydrogen) atoms. The molecule has 0 bridgehead atoms. The molecule has 0 aromatic heterocycles. The summed E-state index contributed by atoms with van der Waals surface area (Å²) in [5.74, 6) is -0.252. The molecule has 1 fully saturated rings. The summed E-state index contributed by atoms with van der Waals surface area (Å²) in [6.07, 6.45) is 0.542. The van der Waals surface area contributed by atoms with E-state index in [0.29, 0.717) is 43.1 Å². The predicted molar refractivity (Wildman–Crippen MR) is 110 cm³/mol. The number of nitrogens with one attached hydrogen (secondary N) is 1. The number of amides is 2. The Bertz CT molecular complexity index is 765. The largest absolute Gasteiger partial charge is 0.497 e. The van der Waals surface area contributed by atoms with Crippen LogP contribution in [0.3, 0.4) is 0 Å². The van der Waals surface area contributed by atoms with Crippen LogP contribution in [0.5, 0.6) is 11.5 Å². The van der Waals surface area contributed by atoms with Gasteiger partial charge < -0.3 is 29.2 Å². The van der Waals surface area contributed by atoms with Gasteiger partial charge in [0.2, 0.25) is 0 Å². The molecule has 0 saturated carbocycles. The van der Waals surface area contributed by atoms with Gasteiger partial charge in [-0.2, -0.15) is 0 Å². The van der Waals surface area contributed by atoms with Crippen LogP contribution < -0.4 is 14.8 Å². The van der Waals surface area contributed by atoms with Crippen molar-refractivity contribution in [3.05, 3.63) is 18.2 Å². The second kappa shape index (κ2) is 10.2. The summed E-state index contributed by atoms with van der Waals surface area (Å²) in [7, 11) is 3.01. The lowest BCUT2D eigenvalue weighted by Crippen LogP contribution is -2.43. The van der Waals surface area contributed by atoms with E-state index in [1.165, 1.54) is 14.2 Å². The number of methoxy groups -OCH3 is 2. The van der Waals surface area contributed by atoms with Crippen molar-refractivity contribution in [3.8, 4) is 11.5 Å². The number of carbonyl (C=O) groups is 3. The summed E-state index contributed by atoms with van der Waals surface area (Å²) in [4.78, 5) is 38.1. The van der Waals surface area contributed by atoms with Crippen molar-refractivity contribution in [3.63, 3.8) is 0 Å². The number of esters is 1. The minimum absolute atomic E-state index is 0.355. The van der Waals surface area contributed by atoms with Gasteiger partial charge in [-0.05, 0) is 45.7 Å². The summed E-state index contributed by atoms with van der Waals surface area (Å²) in [5, 5.41) is 2.65. The fraction of sp³-hybridized carbons (Fsp3) is 0.571. The van der Waals surface area contributed by atoms with Gasteiger partial charge in [0.15, 0.2) is 6.61 Å². The van der Waals surface area contributed by atoms with Crippen molar-refractivity contribution in [2.24, 2.45) is 5.92 Å². The van der Waals surface area contributed by atoms with Crippen molar-refractivity contribution in [1.29, 1.82) is 0 Å². The number of hydrogen-bond acceptors (Lipinski definition) is 7. The molecule has 2 rings (SSSR count). The zero-order valence-electron chi connectivity index (χ0n) is 18.1. The third-order valence-corrected chi connectivity index (χ3v) is 4.51. The van der Waals surface area contributed by atoms with Gasteiger partial charge >= 0.3 is 12.1 Å². The molecule has 166 valence electrons. The molecule has 0 unspecified atom stereocenters. The van der Waals surface area contributed by atoms with Crippen molar-refractivity contribution in [2.45, 2.75) is 39.2 Å². The Hall–Kier alpha value is -2.97. The number of carbonyl (C=O) groups excluding carboxylic acids is 3. The monoisotopic (exact) mass is 422 g/mol. The number of benzene rings is 1. The molecule has 0 aliphatic carbocycles. The van der Waals surface area contributed by atoms with Gasteiger partial charge in [-0.25, -0.2) is 4.79 Å². The summed E-state index contributed by atoms with van der Waals surface area (Å²) in [6.45, 7) is 5.83. The topological polar surface area (TPSA) is 103 Å². The van der Waals surface area contributed by atoms with Gasteiger partial charge in [-0.15, -0.1) is 0 Å². The van der Waals surface area contributed by atoms with Crippen molar-refractivity contribution >= 4 is 23.7 Å². The van der Waals surface area contributed by atoms with E-state index < -0.39 is 24.1 Å². The maximum Gasteiger partial charge on any atom is 0.410 e. The number of likely N-dealkylation sites (tertiary alicyclic amines) is 1. The number of nitrogens with zero attached hydrogens (tertiary/aromatic N) is 1. The Kier molecular flexibility index (Phi) is 7.91. The lowest BCUT2D eigenvalue weighted by atomic mass is 9.97. The summed E-state index contributed by atoms with van der Waals surface area (Å²) >= 11 is 0. The molecule has 1 saturated heterocycles. The molecule has 1 aromatic carbocycles. The standard InChI is InChI=1S/C21H30N2O7/c1-21(2,3)30-20(26)23-10-8-14(9-11-23)19(25)29-13-18(24)22-16-7-6-15(27-4)12-17(16)28-5/h6-7,12,14H,8-11,13H2,1-5H3,(H,22,24). The Morgan fingerprint density at radius 3 is 2.33 bits per heavy atom. The van der Waals surface area contributed by atoms with Gasteiger partial charge in [-0.3, -0.25) is 9.59 Å². The number of piperidine rings is 1. The van der Waals surface area contributed by atoms with Gasteiger partial charge in [0.1, 0.15) is 17.1 Å². The van der Waals surface area contributed by atoms with Crippen LogP contribution in [-0.2, 0) is 19.1 Å². The quantitative estimate of drug-likeness (QED) is 0.703. The Labute approximate surface area is 176 Å². The highest BCUT2D eigenvalue weighted by molar-refractivity contribution is 5.94. The number of ether oxygens (including phenoxy) is 4. The highest BCUT2D eigenvalue weighted by Crippen LogP contribution is 2.29. The third-order valence-electron chi connectivity index (χ3n) is 4.51. The normalized spacial score (nSPS) is 14.6. The highest BCUT2D eigenvalue weighted by atomic mass is 16.6. The Balaban J connectivity index is 1.78. The van der Waals surface area contributed by atoms with Gasteiger partial charge in [0.25, 0.3) is 5.91 Å². The fourth-order valence-electron chi connectivity index (χ4n) is 2.97. The number of hydrogen-bond donors (Lipinski definition) is 1. The van der Waals surface area contributed by atoms with Crippen LogP contribution in [0.2, 0.25) is 0 Å². The Morgan fingerprint density at radius 1 is 1.10 bits per heavy atom. The Morgan fingerprint density at radius 2 is 1.77 bits per heavy atom. The van der Waals surface area contributed by atoms with E-state index in [1.807, 2.05) is 20.8 Å². The van der Waals surface area contributed by atoms with E-state index in [-0.39, 0.29) is 12.0 Å². The number of anilines is 1. The molecule has 0 atom stereocenters. The SMILES string of the molecule is COc1ccc(NC(=O)COC(=O)C2CCN(C(=O)OC(C)(C)C)CC2)c(OC)c1. The van der Waals surface area contributed by atoms with Crippen molar-refractivity contribution in [2.75, 3.05) is 39.2 Å². The molecule has 9 nitrogen and oxygen atoms in total. The average Bonchev–Trinajstić information content (AvgIpc) is 2.71. The first-order valence-corrected chi connectivity index (χ1v) is 9.79. The first-order valence-electron chi connectivity index (χ1n) is 9.79. The predicted octanol–water partition coefficient (Wildman–Crippen LogP) is 2.83. The highest BCUT2D eigenvalue weighted by Gasteiger charge is 2.31. The molecule has 0 radical (unpaired) electrons. The van der Waals surface area contributed by atoms with Crippen LogP contribution in [0.25, 0.3) is 0 Å². The van der Waals surface area contributed by atoms with E-state index in [1.54, 1.807) is 23.1 Å². The van der Waals surface area contributed by atoms with E-state index in [4.69, 9.17) is 18.9 Å². The first-order chi connectivity index (χ1) is 14.1. The molecular weight excluding hydrogens is 392 g/mol. The van der Waals surface area contributed by atoms with Gasteiger partial charge in [-0.1, -0.05) is 0 Å². The van der Waals surface area contributed by atoms with Crippen LogP contribution in [0, 0.1) is 5.92 Å². The van der Waals surface area contributed by atoms with E-state index >= 15 is 0 Å². The second-order valence-electron chi connectivity index (χ2n) is 7.96. The van der Waals surface area contributed by atoms with Crippen LogP contribution in [-0.4, -0.2) is 62.4 Å². The maximum atomic E-state index is 12.3. The minimum Gasteiger partial charge on any atom is -0.497 e. The molecule has 1 aliphatic heterocycles. The lowest BCUT2D eigenvalue weighted by Gasteiger charge is -2.32. The molecule has 0 spiro atoms. The zero-order valence-corrected chi connectivity index (χ0v) is 18.1. The second-order valence-corrected chi connectivity index (χ2v) is 7.96. The van der Waals surface area contributed by atoms with E-state index in [0.717, 1.165) is 0 Å². The zero-order chi connectivity index (χ0) is 22.3. The van der Waals surface area contributed by atoms with Crippen LogP contribution in [0.1, 0.15) is 33.6 Å². The summed E-state index contributed by atoms with van der Waals surface area (Å²) < 4.78 is 20.8. The molecular formula is C21H30N2O7. The molecule has 1 N–H and O–H groups in total. The lowest BCUT2D eigenvalue weighted by molar-refractivity contribution is -0.153. The first kappa shape index (κ1) is 23.3. The molecule has 1 heterocycles. The third kappa shape index (κ3) is 6.82. The minimum atomic E-state index is -0.563. The van der Waals surface area contributed by atoms with E-state index in [2.05, 4.69) is 5.32 Å². The molecule has 1 aromatic rings. The van der Waals surface area contributed by atoms with Gasteiger partial charge in [0, 0.05) is 19.2 Å². The van der Waals surface area contributed by atoms with Crippen LogP contribution >= 0.6 is 0 Å². The molecule has 9 heteroatoms. The summed E-state index contributed by atoms with van der Waals surface area (Å²) in [6, 6.07) is 4.96. The fourth-order valence-corrected chi connectivity index (χ4v) is 2.97. The van der Waals surface area contributed by atoms with Crippen LogP contribution in [0.15, 0.2) is 18.2 Å². The van der Waals surface area contributed by atoms with Crippen molar-refractivity contribution in [1.82, 2.24) is 4.90 Å². The average molecular weight is 422 g/mol. The van der Waals surface area contributed by atoms with Crippen LogP contribution in [0.4, 0.5) is 10.5 Å².